The first kappa shape index (κ1) is 27.3. The lowest BCUT2D eigenvalue weighted by molar-refractivity contribution is -0.120. The average molecular weight is 591 g/mol. The third kappa shape index (κ3) is 4.40. The molecule has 2 saturated carbocycles. The lowest BCUT2D eigenvalue weighted by Gasteiger charge is -2.41. The van der Waals surface area contributed by atoms with Crippen molar-refractivity contribution in [2.45, 2.75) is 63.5 Å². The van der Waals surface area contributed by atoms with Crippen LogP contribution in [0.3, 0.4) is 0 Å². The van der Waals surface area contributed by atoms with Gasteiger partial charge in [-0.2, -0.15) is 13.9 Å². The number of alkyl halides is 2. The van der Waals surface area contributed by atoms with Gasteiger partial charge in [-0.05, 0) is 56.4 Å². The molecule has 1 aromatic carbocycles. The number of fused-ring (bicyclic) bond motifs is 1. The minimum atomic E-state index is -3.15. The van der Waals surface area contributed by atoms with Crippen molar-refractivity contribution in [3.63, 3.8) is 0 Å². The highest BCUT2D eigenvalue weighted by molar-refractivity contribution is 6.09. The Morgan fingerprint density at radius 3 is 2.51 bits per heavy atom. The minimum absolute atomic E-state index is 0.0566. The predicted octanol–water partition coefficient (Wildman–Crippen LogP) is 5.08. The fraction of sp³-hybridized carbons (Fsp3) is 0.400. The molecule has 4 aromatic rings. The molecule has 0 bridgehead atoms. The monoisotopic (exact) mass is 590 g/mol. The van der Waals surface area contributed by atoms with Crippen LogP contribution < -0.4 is 14.5 Å². The van der Waals surface area contributed by atoms with Gasteiger partial charge in [0.2, 0.25) is 5.88 Å². The summed E-state index contributed by atoms with van der Waals surface area (Å²) in [4.78, 5) is 35.4. The van der Waals surface area contributed by atoms with Crippen LogP contribution in [0, 0.1) is 12.7 Å². The van der Waals surface area contributed by atoms with E-state index in [0.717, 1.165) is 25.5 Å². The van der Waals surface area contributed by atoms with Crippen molar-refractivity contribution in [2.75, 3.05) is 24.0 Å². The molecule has 0 unspecified atom stereocenters. The van der Waals surface area contributed by atoms with Gasteiger partial charge in [-0.1, -0.05) is 6.07 Å². The predicted molar refractivity (Wildman–Crippen MR) is 151 cm³/mol. The van der Waals surface area contributed by atoms with E-state index in [1.807, 2.05) is 4.90 Å². The molecule has 10 nitrogen and oxygen atoms in total. The molecule has 4 heterocycles. The molecule has 2 fully saturated rings. The number of hydrogen-bond acceptors (Lipinski definition) is 8. The maximum atomic E-state index is 15.5. The fourth-order valence-electron chi connectivity index (χ4n) is 5.84. The highest BCUT2D eigenvalue weighted by Gasteiger charge is 2.59. The topological polar surface area (TPSA) is 102 Å². The number of ether oxygens (including phenoxy) is 1. The van der Waals surface area contributed by atoms with Crippen molar-refractivity contribution in [3.8, 4) is 23.0 Å². The van der Waals surface area contributed by atoms with E-state index in [1.165, 1.54) is 36.3 Å². The SMILES string of the molecule is COc1ncnc(C2CC2)c1-c1ncc2c(n1)N(Cc1ccc(-n3nc(C(C)(F)F)cc3C)c(F)c1)C1(CC1)C(=O)N2C. The van der Waals surface area contributed by atoms with Gasteiger partial charge in [0.1, 0.15) is 40.3 Å². The zero-order chi connectivity index (χ0) is 30.3. The summed E-state index contributed by atoms with van der Waals surface area (Å²) in [6, 6.07) is 5.82. The van der Waals surface area contributed by atoms with Gasteiger partial charge < -0.3 is 14.5 Å². The zero-order valence-electron chi connectivity index (χ0n) is 24.1. The van der Waals surface area contributed by atoms with Gasteiger partial charge in [-0.15, -0.1) is 0 Å². The Kier molecular flexibility index (Phi) is 6.02. The Labute approximate surface area is 245 Å². The van der Waals surface area contributed by atoms with Crippen LogP contribution in [0.4, 0.5) is 24.7 Å². The molecule has 3 aliphatic rings. The molecule has 0 radical (unpaired) electrons. The molecule has 1 amide bonds. The number of benzene rings is 1. The van der Waals surface area contributed by atoms with Crippen molar-refractivity contribution >= 4 is 17.4 Å². The van der Waals surface area contributed by atoms with Crippen molar-refractivity contribution in [3.05, 3.63) is 65.3 Å². The smallest absolute Gasteiger partial charge is 0.288 e. The summed E-state index contributed by atoms with van der Waals surface area (Å²) in [5.41, 5.74) is 1.78. The van der Waals surface area contributed by atoms with Crippen LogP contribution in [0.25, 0.3) is 17.1 Å². The van der Waals surface area contributed by atoms with Gasteiger partial charge in [-0.25, -0.2) is 29.0 Å². The van der Waals surface area contributed by atoms with Crippen molar-refractivity contribution < 1.29 is 22.7 Å². The number of halogens is 3. The van der Waals surface area contributed by atoms with Gasteiger partial charge in [0.25, 0.3) is 11.8 Å². The van der Waals surface area contributed by atoms with Crippen LogP contribution in [0.1, 0.15) is 61.2 Å². The maximum Gasteiger partial charge on any atom is 0.288 e. The number of hydrogen-bond donors (Lipinski definition) is 0. The van der Waals surface area contributed by atoms with Crippen LogP contribution in [0.15, 0.2) is 36.8 Å². The molecule has 0 N–H and O–H groups in total. The number of aromatic nitrogens is 6. The highest BCUT2D eigenvalue weighted by atomic mass is 19.3. The maximum absolute atomic E-state index is 15.5. The molecule has 1 spiro atoms. The second-order valence-electron chi connectivity index (χ2n) is 11.6. The number of carbonyl (C=O) groups is 1. The largest absolute Gasteiger partial charge is 0.480 e. The van der Waals surface area contributed by atoms with Crippen LogP contribution in [0.5, 0.6) is 5.88 Å². The summed E-state index contributed by atoms with van der Waals surface area (Å²) in [5, 5.41) is 3.94. The Bertz CT molecular complexity index is 1780. The molecule has 1 aliphatic heterocycles. The van der Waals surface area contributed by atoms with Gasteiger partial charge in [-0.3, -0.25) is 4.79 Å². The molecule has 43 heavy (non-hydrogen) atoms. The first-order valence-corrected chi connectivity index (χ1v) is 14.1. The second-order valence-corrected chi connectivity index (χ2v) is 11.6. The number of likely N-dealkylation sites (N-methyl/N-ethyl adjacent to an activating group) is 1. The molecule has 2 aliphatic carbocycles. The molecule has 3 aromatic heterocycles. The normalized spacial score (nSPS) is 17.4. The molecule has 222 valence electrons. The van der Waals surface area contributed by atoms with Crippen molar-refractivity contribution in [2.24, 2.45) is 0 Å². The summed E-state index contributed by atoms with van der Waals surface area (Å²) in [5.74, 6) is -2.26. The van der Waals surface area contributed by atoms with E-state index in [2.05, 4.69) is 20.1 Å². The van der Waals surface area contributed by atoms with E-state index in [1.54, 1.807) is 31.1 Å². The van der Waals surface area contributed by atoms with Gasteiger partial charge in [0.05, 0.1) is 19.0 Å². The van der Waals surface area contributed by atoms with E-state index < -0.39 is 23.0 Å². The van der Waals surface area contributed by atoms with Gasteiger partial charge >= 0.3 is 0 Å². The Balaban J connectivity index is 1.29. The lowest BCUT2D eigenvalue weighted by atomic mass is 10.1. The average Bonchev–Trinajstić information content (AvgIpc) is 3.92. The fourth-order valence-corrected chi connectivity index (χ4v) is 5.84. The van der Waals surface area contributed by atoms with E-state index in [-0.39, 0.29) is 24.1 Å². The number of carbonyl (C=O) groups excluding carboxylic acids is 1. The van der Waals surface area contributed by atoms with Crippen LogP contribution in [-0.2, 0) is 17.3 Å². The Morgan fingerprint density at radius 1 is 1.12 bits per heavy atom. The van der Waals surface area contributed by atoms with Crippen LogP contribution in [0.2, 0.25) is 0 Å². The zero-order valence-corrected chi connectivity index (χ0v) is 24.1. The Hall–Kier alpha value is -4.55. The number of aryl methyl sites for hydroxylation is 1. The third-order valence-corrected chi connectivity index (χ3v) is 8.45. The van der Waals surface area contributed by atoms with Crippen molar-refractivity contribution in [1.82, 2.24) is 29.7 Å². The number of methoxy groups -OCH3 is 1. The molecular weight excluding hydrogens is 561 g/mol. The lowest BCUT2D eigenvalue weighted by Crippen LogP contribution is -2.54. The van der Waals surface area contributed by atoms with E-state index in [4.69, 9.17) is 9.72 Å². The number of anilines is 2. The summed E-state index contributed by atoms with van der Waals surface area (Å²) in [7, 11) is 3.24. The summed E-state index contributed by atoms with van der Waals surface area (Å²) < 4.78 is 50.0. The second kappa shape index (κ2) is 9.48. The minimum Gasteiger partial charge on any atom is -0.480 e. The summed E-state index contributed by atoms with van der Waals surface area (Å²) >= 11 is 0. The summed E-state index contributed by atoms with van der Waals surface area (Å²) in [6.07, 6.45) is 6.36. The molecule has 7 rings (SSSR count). The molecular formula is C30H29F3N8O2. The first-order valence-electron chi connectivity index (χ1n) is 14.1. The van der Waals surface area contributed by atoms with Gasteiger partial charge in [0, 0.05) is 32.1 Å². The highest BCUT2D eigenvalue weighted by Crippen LogP contribution is 2.52. The Morgan fingerprint density at radius 2 is 1.88 bits per heavy atom. The third-order valence-electron chi connectivity index (χ3n) is 8.45. The number of nitrogens with zero attached hydrogens (tertiary/aromatic N) is 8. The standard InChI is InChI=1S/C30H29F3N8O2/c1-16-11-22(29(2,32)33)38-41(16)20-8-5-17(12-19(20)31)14-40-26-21(39(3)28(42)30(40)9-10-30)13-34-25(37-26)23-24(18-6-7-18)35-15-36-27(23)43-4/h5,8,11-13,15,18H,6-7,9-10,14H2,1-4H3. The van der Waals surface area contributed by atoms with E-state index in [9.17, 15) is 13.6 Å². The molecule has 0 saturated heterocycles. The molecule has 0 atom stereocenters. The van der Waals surface area contributed by atoms with Crippen molar-refractivity contribution in [1.29, 1.82) is 0 Å². The van der Waals surface area contributed by atoms with Crippen LogP contribution >= 0.6 is 0 Å². The summed E-state index contributed by atoms with van der Waals surface area (Å²) in [6.45, 7) is 2.54. The number of rotatable bonds is 7. The number of amides is 1. The van der Waals surface area contributed by atoms with E-state index in [0.29, 0.717) is 52.9 Å². The molecule has 13 heteroatoms. The quantitative estimate of drug-likeness (QED) is 0.294. The first-order chi connectivity index (χ1) is 20.5. The van der Waals surface area contributed by atoms with Crippen LogP contribution in [-0.4, -0.2) is 55.3 Å². The van der Waals surface area contributed by atoms with Gasteiger partial charge in [0.15, 0.2) is 11.6 Å². The van der Waals surface area contributed by atoms with E-state index >= 15 is 4.39 Å².